The normalized spacial score (nSPS) is 10.8. The molecule has 1 aromatic heterocycles. The van der Waals surface area contributed by atoms with E-state index in [1.165, 1.54) is 4.57 Å². The van der Waals surface area contributed by atoms with Crippen LogP contribution in [0.4, 0.5) is 0 Å². The molecular weight excluding hydrogens is 372 g/mol. The second-order valence-corrected chi connectivity index (χ2v) is 6.62. The summed E-state index contributed by atoms with van der Waals surface area (Å²) in [5, 5.41) is 20.5. The molecule has 0 saturated heterocycles. The minimum atomic E-state index is -1.03. The van der Waals surface area contributed by atoms with Crippen molar-refractivity contribution in [3.63, 3.8) is 0 Å². The summed E-state index contributed by atoms with van der Waals surface area (Å²) in [7, 11) is 0. The fourth-order valence-electron chi connectivity index (χ4n) is 2.83. The van der Waals surface area contributed by atoms with Crippen LogP contribution in [0.3, 0.4) is 0 Å². The second kappa shape index (κ2) is 7.76. The molecule has 3 rings (SSSR count). The fraction of sp³-hybridized carbons (Fsp3) is 0.158. The van der Waals surface area contributed by atoms with Crippen LogP contribution in [0.25, 0.3) is 5.69 Å². The van der Waals surface area contributed by atoms with Crippen LogP contribution in [0.5, 0.6) is 5.88 Å². The second-order valence-electron chi connectivity index (χ2n) is 5.82. The van der Waals surface area contributed by atoms with Gasteiger partial charge in [0, 0.05) is 11.6 Å². The monoisotopic (exact) mass is 388 g/mol. The molecule has 0 aliphatic rings. The maximum atomic E-state index is 11.3. The van der Waals surface area contributed by atoms with Crippen molar-refractivity contribution in [2.24, 2.45) is 0 Å². The summed E-state index contributed by atoms with van der Waals surface area (Å²) in [5.41, 5.74) is 2.02. The number of aromatic hydroxyl groups is 1. The van der Waals surface area contributed by atoms with Gasteiger partial charge in [-0.2, -0.15) is 0 Å². The smallest absolute Gasteiger partial charge is 0.309 e. The van der Waals surface area contributed by atoms with E-state index < -0.39 is 5.97 Å². The number of halogens is 1. The molecule has 0 atom stereocenters. The van der Waals surface area contributed by atoms with Crippen LogP contribution >= 0.6 is 23.8 Å². The van der Waals surface area contributed by atoms with Gasteiger partial charge in [0.1, 0.15) is 0 Å². The van der Waals surface area contributed by atoms with Gasteiger partial charge in [0.05, 0.1) is 17.8 Å². The Morgan fingerprint density at radius 3 is 2.35 bits per heavy atom. The molecule has 0 spiro atoms. The molecule has 0 saturated carbocycles. The van der Waals surface area contributed by atoms with Crippen LogP contribution in [0.15, 0.2) is 54.6 Å². The van der Waals surface area contributed by atoms with Crippen LogP contribution in [0.1, 0.15) is 11.3 Å². The molecule has 1 heterocycles. The highest BCUT2D eigenvalue weighted by molar-refractivity contribution is 7.71. The number of aromatic nitrogens is 2. The van der Waals surface area contributed by atoms with Crippen LogP contribution in [0.2, 0.25) is 5.02 Å². The van der Waals surface area contributed by atoms with Crippen molar-refractivity contribution in [3.8, 4) is 11.6 Å². The zero-order valence-corrected chi connectivity index (χ0v) is 15.4. The first-order valence-electron chi connectivity index (χ1n) is 8.02. The highest BCUT2D eigenvalue weighted by Gasteiger charge is 2.20. The predicted octanol–water partition coefficient (Wildman–Crippen LogP) is 4.24. The standard InChI is InChI=1S/C19H17ClN2O3S/c20-14-8-6-13(7-9-14)10-11-21-16(12-17(23)24)18(25)22(19(21)26)15-4-2-1-3-5-15/h1-9,25H,10-12H2,(H,23,24). The van der Waals surface area contributed by atoms with Crippen molar-refractivity contribution in [2.45, 2.75) is 19.4 Å². The van der Waals surface area contributed by atoms with Gasteiger partial charge < -0.3 is 14.8 Å². The highest BCUT2D eigenvalue weighted by atomic mass is 35.5. The molecule has 134 valence electrons. The molecule has 0 aliphatic carbocycles. The first-order chi connectivity index (χ1) is 12.5. The number of imidazole rings is 1. The Bertz CT molecular complexity index is 979. The molecule has 5 nitrogen and oxygen atoms in total. The molecule has 0 radical (unpaired) electrons. The van der Waals surface area contributed by atoms with Gasteiger partial charge in [0.25, 0.3) is 0 Å². The molecule has 3 aromatic rings. The zero-order chi connectivity index (χ0) is 18.7. The van der Waals surface area contributed by atoms with Crippen LogP contribution in [-0.4, -0.2) is 25.3 Å². The summed E-state index contributed by atoms with van der Waals surface area (Å²) < 4.78 is 3.54. The number of carboxylic acid groups (broad SMARTS) is 1. The van der Waals surface area contributed by atoms with Crippen molar-refractivity contribution in [3.05, 3.63) is 75.6 Å². The molecule has 2 aromatic carbocycles. The number of nitrogens with zero attached hydrogens (tertiary/aromatic N) is 2. The number of aryl methyl sites for hydroxylation is 1. The summed E-state index contributed by atoms with van der Waals surface area (Å²) in [6.45, 7) is 0.455. The van der Waals surface area contributed by atoms with Crippen LogP contribution in [-0.2, 0) is 24.2 Å². The van der Waals surface area contributed by atoms with Gasteiger partial charge in [0.2, 0.25) is 5.88 Å². The molecular formula is C19H17ClN2O3S. The van der Waals surface area contributed by atoms with Gasteiger partial charge in [-0.1, -0.05) is 41.9 Å². The quantitative estimate of drug-likeness (QED) is 0.620. The van der Waals surface area contributed by atoms with E-state index in [0.717, 1.165) is 5.56 Å². The maximum absolute atomic E-state index is 11.3. The summed E-state index contributed by atoms with van der Waals surface area (Å²) >= 11 is 11.4. The van der Waals surface area contributed by atoms with E-state index in [-0.39, 0.29) is 12.3 Å². The third-order valence-corrected chi connectivity index (χ3v) is 4.74. The maximum Gasteiger partial charge on any atom is 0.309 e. The van der Waals surface area contributed by atoms with Crippen molar-refractivity contribution >= 4 is 29.8 Å². The van der Waals surface area contributed by atoms with E-state index in [1.54, 1.807) is 16.7 Å². The summed E-state index contributed by atoms with van der Waals surface area (Å²) in [4.78, 5) is 11.3. The first kappa shape index (κ1) is 18.2. The lowest BCUT2D eigenvalue weighted by molar-refractivity contribution is -0.136. The van der Waals surface area contributed by atoms with Crippen LogP contribution < -0.4 is 0 Å². The van der Waals surface area contributed by atoms with E-state index in [9.17, 15) is 15.0 Å². The summed E-state index contributed by atoms with van der Waals surface area (Å²) in [6.07, 6.45) is 0.326. The van der Waals surface area contributed by atoms with Crippen molar-refractivity contribution in [2.75, 3.05) is 0 Å². The molecule has 2 N–H and O–H groups in total. The van der Waals surface area contributed by atoms with E-state index in [2.05, 4.69) is 0 Å². The highest BCUT2D eigenvalue weighted by Crippen LogP contribution is 2.26. The minimum absolute atomic E-state index is 0.139. The largest absolute Gasteiger partial charge is 0.493 e. The Kier molecular flexibility index (Phi) is 5.44. The lowest BCUT2D eigenvalue weighted by Gasteiger charge is -2.07. The van der Waals surface area contributed by atoms with E-state index in [0.29, 0.717) is 34.1 Å². The van der Waals surface area contributed by atoms with Crippen LogP contribution in [0, 0.1) is 4.77 Å². The Morgan fingerprint density at radius 1 is 1.08 bits per heavy atom. The van der Waals surface area contributed by atoms with Gasteiger partial charge in [0.15, 0.2) is 4.77 Å². The Morgan fingerprint density at radius 2 is 1.73 bits per heavy atom. The van der Waals surface area contributed by atoms with Gasteiger partial charge in [-0.05, 0) is 48.5 Å². The molecule has 0 fully saturated rings. The average molecular weight is 389 g/mol. The molecule has 7 heteroatoms. The molecule has 0 amide bonds. The molecule has 0 bridgehead atoms. The summed E-state index contributed by atoms with van der Waals surface area (Å²) in [6, 6.07) is 16.6. The van der Waals surface area contributed by atoms with Gasteiger partial charge in [-0.25, -0.2) is 0 Å². The Labute approximate surface area is 160 Å². The number of rotatable bonds is 6. The third kappa shape index (κ3) is 3.81. The predicted molar refractivity (Wildman–Crippen MR) is 103 cm³/mol. The number of carboxylic acids is 1. The number of hydrogen-bond acceptors (Lipinski definition) is 3. The van der Waals surface area contributed by atoms with Crippen molar-refractivity contribution < 1.29 is 15.0 Å². The molecule has 0 unspecified atom stereocenters. The van der Waals surface area contributed by atoms with Crippen molar-refractivity contribution in [1.82, 2.24) is 9.13 Å². The minimum Gasteiger partial charge on any atom is -0.493 e. The molecule has 26 heavy (non-hydrogen) atoms. The van der Waals surface area contributed by atoms with Gasteiger partial charge >= 0.3 is 5.97 Å². The van der Waals surface area contributed by atoms with Gasteiger partial charge in [-0.15, -0.1) is 0 Å². The number of hydrogen-bond donors (Lipinski definition) is 2. The Balaban J connectivity index is 2.01. The van der Waals surface area contributed by atoms with Gasteiger partial charge in [-0.3, -0.25) is 9.36 Å². The first-order valence-corrected chi connectivity index (χ1v) is 8.81. The third-order valence-electron chi connectivity index (χ3n) is 4.09. The van der Waals surface area contributed by atoms with Crippen molar-refractivity contribution in [1.29, 1.82) is 0 Å². The number of benzene rings is 2. The van der Waals surface area contributed by atoms with E-state index in [1.807, 2.05) is 42.5 Å². The number of para-hydroxylation sites is 1. The van der Waals surface area contributed by atoms with E-state index in [4.69, 9.17) is 23.8 Å². The fourth-order valence-corrected chi connectivity index (χ4v) is 3.35. The molecule has 0 aliphatic heterocycles. The number of aliphatic carboxylic acids is 1. The lowest BCUT2D eigenvalue weighted by Crippen LogP contribution is -2.10. The number of carbonyl (C=O) groups is 1. The average Bonchev–Trinajstić information content (AvgIpc) is 2.85. The summed E-state index contributed by atoms with van der Waals surface area (Å²) in [5.74, 6) is -1.17. The Hall–Kier alpha value is -2.57. The lowest BCUT2D eigenvalue weighted by atomic mass is 10.1. The topological polar surface area (TPSA) is 67.4 Å². The SMILES string of the molecule is O=C(O)Cc1c(O)n(-c2ccccc2)c(=S)n1CCc1ccc(Cl)cc1. The zero-order valence-electron chi connectivity index (χ0n) is 13.8. The van der Waals surface area contributed by atoms with E-state index >= 15 is 0 Å².